The molecular weight excluding hydrogens is 407 g/mol. The zero-order chi connectivity index (χ0) is 23.8. The number of hydrogen-bond acceptors (Lipinski definition) is 3. The van der Waals surface area contributed by atoms with Gasteiger partial charge in [-0.1, -0.05) is 104 Å². The molecule has 0 heterocycles. The molecule has 0 amide bonds. The predicted molar refractivity (Wildman–Crippen MR) is 129 cm³/mol. The normalized spacial score (nSPS) is 11.2. The first-order valence-corrected chi connectivity index (χ1v) is 12.9. The van der Waals surface area contributed by atoms with Gasteiger partial charge in [-0.3, -0.25) is 0 Å². The first-order chi connectivity index (χ1) is 15.5. The number of aromatic carboxylic acids is 1. The summed E-state index contributed by atoms with van der Waals surface area (Å²) in [6.45, 7) is 4.38. The molecule has 5 heteroatoms. The van der Waals surface area contributed by atoms with Gasteiger partial charge in [0, 0.05) is 0 Å². The van der Waals surface area contributed by atoms with E-state index in [1.165, 1.54) is 51.4 Å². The molecule has 0 bridgehead atoms. The van der Waals surface area contributed by atoms with Crippen LogP contribution in [0.5, 0.6) is 11.5 Å². The van der Waals surface area contributed by atoms with Gasteiger partial charge < -0.3 is 15.3 Å². The third-order valence-corrected chi connectivity index (χ3v) is 6.37. The number of carboxylic acids is 1. The van der Waals surface area contributed by atoms with Gasteiger partial charge in [0.05, 0.1) is 0 Å². The van der Waals surface area contributed by atoms with Crippen molar-refractivity contribution in [3.05, 3.63) is 22.5 Å². The maximum atomic E-state index is 14.8. The largest absolute Gasteiger partial charge is 0.504 e. The van der Waals surface area contributed by atoms with Crippen LogP contribution in [0.3, 0.4) is 0 Å². The molecule has 0 unspecified atom stereocenters. The maximum Gasteiger partial charge on any atom is 0.339 e. The third-order valence-electron chi connectivity index (χ3n) is 6.37. The van der Waals surface area contributed by atoms with Crippen LogP contribution in [0.2, 0.25) is 0 Å². The lowest BCUT2D eigenvalue weighted by atomic mass is 9.90. The van der Waals surface area contributed by atoms with Gasteiger partial charge in [0.25, 0.3) is 0 Å². The van der Waals surface area contributed by atoms with Gasteiger partial charge in [-0.25, -0.2) is 9.18 Å². The van der Waals surface area contributed by atoms with Gasteiger partial charge in [0.1, 0.15) is 5.56 Å². The molecule has 3 N–H and O–H groups in total. The summed E-state index contributed by atoms with van der Waals surface area (Å²) in [5, 5.41) is 29.7. The first kappa shape index (κ1) is 28.3. The van der Waals surface area contributed by atoms with Crippen molar-refractivity contribution in [1.82, 2.24) is 0 Å². The van der Waals surface area contributed by atoms with Gasteiger partial charge in [-0.2, -0.15) is 0 Å². The summed E-state index contributed by atoms with van der Waals surface area (Å²) in [4.78, 5) is 11.8. The van der Waals surface area contributed by atoms with E-state index in [0.717, 1.165) is 51.4 Å². The molecule has 0 atom stereocenters. The summed E-state index contributed by atoms with van der Waals surface area (Å²) in [7, 11) is 0. The zero-order valence-electron chi connectivity index (χ0n) is 20.4. The predicted octanol–water partition coefficient (Wildman–Crippen LogP) is 8.30. The highest BCUT2D eigenvalue weighted by atomic mass is 19.1. The molecule has 1 aromatic rings. The first-order valence-electron chi connectivity index (χ1n) is 12.9. The highest BCUT2D eigenvalue weighted by Gasteiger charge is 2.27. The molecule has 32 heavy (non-hydrogen) atoms. The zero-order valence-corrected chi connectivity index (χ0v) is 20.4. The van der Waals surface area contributed by atoms with Crippen LogP contribution in [-0.4, -0.2) is 21.3 Å². The summed E-state index contributed by atoms with van der Waals surface area (Å²) in [6, 6.07) is 0. The van der Waals surface area contributed by atoms with Crippen LogP contribution >= 0.6 is 0 Å². The van der Waals surface area contributed by atoms with Crippen molar-refractivity contribution in [2.75, 3.05) is 0 Å². The Bertz CT molecular complexity index is 672. The molecule has 0 spiro atoms. The maximum absolute atomic E-state index is 14.8. The number of carboxylic acid groups (broad SMARTS) is 1. The number of phenols is 2. The Balaban J connectivity index is 2.72. The molecule has 184 valence electrons. The standard InChI is InChI=1S/C27H45FO4/c1-3-5-7-9-11-13-15-17-19-21-22(20-18-16-14-12-10-8-6-4-2)24(28)26(30)25(29)23(21)27(31)32/h29-30H,3-20H2,1-2H3,(H,31,32). The molecule has 4 nitrogen and oxygen atoms in total. The van der Waals surface area contributed by atoms with E-state index >= 15 is 0 Å². The molecule has 0 saturated carbocycles. The molecule has 0 aliphatic carbocycles. The van der Waals surface area contributed by atoms with E-state index in [9.17, 15) is 24.5 Å². The number of aromatic hydroxyl groups is 2. The van der Waals surface area contributed by atoms with Crippen molar-refractivity contribution in [3.8, 4) is 11.5 Å². The summed E-state index contributed by atoms with van der Waals surface area (Å²) in [6.07, 6.45) is 18.6. The molecule has 0 radical (unpaired) electrons. The van der Waals surface area contributed by atoms with E-state index in [1.807, 2.05) is 0 Å². The van der Waals surface area contributed by atoms with E-state index in [-0.39, 0.29) is 11.1 Å². The van der Waals surface area contributed by atoms with Crippen molar-refractivity contribution < 1.29 is 24.5 Å². The molecule has 1 aromatic carbocycles. The number of halogens is 1. The van der Waals surface area contributed by atoms with Crippen LogP contribution in [0.25, 0.3) is 0 Å². The lowest BCUT2D eigenvalue weighted by Crippen LogP contribution is -2.10. The van der Waals surface area contributed by atoms with Crippen molar-refractivity contribution >= 4 is 5.97 Å². The van der Waals surface area contributed by atoms with Gasteiger partial charge in [-0.05, 0) is 36.8 Å². The van der Waals surface area contributed by atoms with E-state index in [2.05, 4.69) is 13.8 Å². The summed E-state index contributed by atoms with van der Waals surface area (Å²) < 4.78 is 14.8. The van der Waals surface area contributed by atoms with E-state index < -0.39 is 23.3 Å². The van der Waals surface area contributed by atoms with E-state index in [4.69, 9.17) is 0 Å². The molecular formula is C27H45FO4. The SMILES string of the molecule is CCCCCCCCCCc1c(F)c(O)c(O)c(C(=O)O)c1CCCCCCCCCC. The van der Waals surface area contributed by atoms with Gasteiger partial charge in [0.15, 0.2) is 17.3 Å². The third kappa shape index (κ3) is 9.79. The number of carbonyl (C=O) groups is 1. The van der Waals surface area contributed by atoms with Gasteiger partial charge >= 0.3 is 5.97 Å². The average molecular weight is 453 g/mol. The Kier molecular flexibility index (Phi) is 14.8. The number of hydrogen-bond donors (Lipinski definition) is 3. The molecule has 0 aliphatic heterocycles. The molecule has 1 rings (SSSR count). The number of benzene rings is 1. The van der Waals surface area contributed by atoms with Crippen LogP contribution in [0, 0.1) is 5.82 Å². The van der Waals surface area contributed by atoms with Crippen LogP contribution < -0.4 is 0 Å². The molecule has 0 saturated heterocycles. The Hall–Kier alpha value is -1.78. The van der Waals surface area contributed by atoms with Crippen LogP contribution in [-0.2, 0) is 12.8 Å². The van der Waals surface area contributed by atoms with Crippen molar-refractivity contribution in [2.24, 2.45) is 0 Å². The van der Waals surface area contributed by atoms with Crippen LogP contribution in [0.4, 0.5) is 4.39 Å². The van der Waals surface area contributed by atoms with Gasteiger partial charge in [-0.15, -0.1) is 0 Å². The number of unbranched alkanes of at least 4 members (excludes halogenated alkanes) is 14. The average Bonchev–Trinajstić information content (AvgIpc) is 2.77. The Labute approximate surface area is 194 Å². The smallest absolute Gasteiger partial charge is 0.339 e. The van der Waals surface area contributed by atoms with Gasteiger partial charge in [0.2, 0.25) is 0 Å². The summed E-state index contributed by atoms with van der Waals surface area (Å²) >= 11 is 0. The fourth-order valence-corrected chi connectivity index (χ4v) is 4.43. The molecule has 0 aliphatic rings. The minimum atomic E-state index is -1.32. The van der Waals surface area contributed by atoms with Crippen LogP contribution in [0.15, 0.2) is 0 Å². The highest BCUT2D eigenvalue weighted by molar-refractivity contribution is 5.94. The van der Waals surface area contributed by atoms with Crippen molar-refractivity contribution in [1.29, 1.82) is 0 Å². The summed E-state index contributed by atoms with van der Waals surface area (Å²) in [5.74, 6) is -3.95. The summed E-state index contributed by atoms with van der Waals surface area (Å²) in [5.41, 5.74) is 0.298. The lowest BCUT2D eigenvalue weighted by Gasteiger charge is -2.17. The molecule has 0 aromatic heterocycles. The Morgan fingerprint density at radius 2 is 1.00 bits per heavy atom. The van der Waals surface area contributed by atoms with Crippen molar-refractivity contribution in [3.63, 3.8) is 0 Å². The minimum Gasteiger partial charge on any atom is -0.504 e. The quantitative estimate of drug-likeness (QED) is 0.146. The Morgan fingerprint density at radius 1 is 0.625 bits per heavy atom. The number of phenolic OH excluding ortho intramolecular Hbond substituents is 1. The number of rotatable bonds is 19. The second kappa shape index (κ2) is 16.8. The second-order valence-electron chi connectivity index (χ2n) is 9.10. The molecule has 0 fully saturated rings. The highest BCUT2D eigenvalue weighted by Crippen LogP contribution is 2.39. The second-order valence-corrected chi connectivity index (χ2v) is 9.10. The van der Waals surface area contributed by atoms with E-state index in [1.54, 1.807) is 0 Å². The monoisotopic (exact) mass is 452 g/mol. The van der Waals surface area contributed by atoms with E-state index in [0.29, 0.717) is 18.4 Å². The van der Waals surface area contributed by atoms with Crippen molar-refractivity contribution in [2.45, 2.75) is 129 Å². The topological polar surface area (TPSA) is 77.8 Å². The van der Waals surface area contributed by atoms with Crippen LogP contribution in [0.1, 0.15) is 138 Å². The fourth-order valence-electron chi connectivity index (χ4n) is 4.43. The lowest BCUT2D eigenvalue weighted by molar-refractivity contribution is 0.0691. The minimum absolute atomic E-state index is 0.270. The fraction of sp³-hybridized carbons (Fsp3) is 0.741. The Morgan fingerprint density at radius 3 is 1.41 bits per heavy atom.